The molecule has 7 nitrogen and oxygen atoms in total. The molecule has 1 unspecified atom stereocenters. The number of halogens is 3. The Bertz CT molecular complexity index is 1440. The number of amides is 3. The summed E-state index contributed by atoms with van der Waals surface area (Å²) in [7, 11) is 0. The number of anilines is 1. The maximum absolute atomic E-state index is 13.4. The van der Waals surface area contributed by atoms with Crippen LogP contribution in [-0.2, 0) is 15.7 Å². The fourth-order valence-corrected chi connectivity index (χ4v) is 4.58. The maximum atomic E-state index is 13.4. The van der Waals surface area contributed by atoms with Crippen LogP contribution < -0.4 is 10.6 Å². The average Bonchev–Trinajstić information content (AvgIpc) is 2.96. The molecule has 1 heterocycles. The molecule has 0 saturated carbocycles. The molecule has 0 aliphatic carbocycles. The second kappa shape index (κ2) is 12.7. The van der Waals surface area contributed by atoms with Crippen LogP contribution in [0.15, 0.2) is 84.4 Å². The molecule has 214 valence electrons. The number of rotatable bonds is 9. The minimum atomic E-state index is -4.51. The van der Waals surface area contributed by atoms with Crippen molar-refractivity contribution in [1.29, 1.82) is 0 Å². The van der Waals surface area contributed by atoms with E-state index in [0.717, 1.165) is 37.1 Å². The van der Waals surface area contributed by atoms with Gasteiger partial charge in [-0.1, -0.05) is 55.8 Å². The van der Waals surface area contributed by atoms with Gasteiger partial charge in [0.25, 0.3) is 5.91 Å². The molecule has 0 saturated heterocycles. The van der Waals surface area contributed by atoms with E-state index in [1.54, 1.807) is 36.1 Å². The first-order valence-electron chi connectivity index (χ1n) is 13.3. The highest BCUT2D eigenvalue weighted by Gasteiger charge is 2.38. The molecule has 0 spiro atoms. The second-order valence-corrected chi connectivity index (χ2v) is 9.39. The van der Waals surface area contributed by atoms with Crippen LogP contribution in [0.2, 0.25) is 0 Å². The van der Waals surface area contributed by atoms with Crippen LogP contribution >= 0.6 is 0 Å². The van der Waals surface area contributed by atoms with Gasteiger partial charge in [-0.25, -0.2) is 9.59 Å². The van der Waals surface area contributed by atoms with Crippen molar-refractivity contribution in [3.8, 4) is 0 Å². The fraction of sp³-hybridized carbons (Fsp3) is 0.258. The van der Waals surface area contributed by atoms with Crippen molar-refractivity contribution in [2.75, 3.05) is 18.5 Å². The predicted molar refractivity (Wildman–Crippen MR) is 149 cm³/mol. The zero-order chi connectivity index (χ0) is 29.6. The molecule has 0 bridgehead atoms. The largest absolute Gasteiger partial charge is 0.463 e. The zero-order valence-corrected chi connectivity index (χ0v) is 22.6. The van der Waals surface area contributed by atoms with E-state index >= 15 is 0 Å². The number of nitrogens with zero attached hydrogens (tertiary/aromatic N) is 1. The van der Waals surface area contributed by atoms with Crippen molar-refractivity contribution in [2.24, 2.45) is 0 Å². The van der Waals surface area contributed by atoms with E-state index in [1.807, 2.05) is 37.3 Å². The van der Waals surface area contributed by atoms with Gasteiger partial charge in [-0.3, -0.25) is 9.69 Å². The summed E-state index contributed by atoms with van der Waals surface area (Å²) in [5, 5.41) is 5.60. The Hall–Kier alpha value is -4.60. The van der Waals surface area contributed by atoms with Gasteiger partial charge >= 0.3 is 18.2 Å². The Labute approximate surface area is 236 Å². The molecule has 1 aliphatic heterocycles. The first-order chi connectivity index (χ1) is 19.6. The van der Waals surface area contributed by atoms with Crippen LogP contribution in [0.4, 0.5) is 23.7 Å². The Morgan fingerprint density at radius 3 is 2.32 bits per heavy atom. The number of ether oxygens (including phenoxy) is 1. The number of carbonyl (C=O) groups excluding carboxylic acids is 3. The van der Waals surface area contributed by atoms with E-state index < -0.39 is 29.7 Å². The molecule has 4 rings (SSSR count). The Morgan fingerprint density at radius 2 is 1.68 bits per heavy atom. The standard InChI is InChI=1S/C31H30F3N3O4/c1-3-5-18-37-27(20-10-7-6-8-11-20)25(29(39)41-4-2)26(36-30(37)40)22-12-9-13-24(19-22)35-28(38)21-14-16-23(17-15-21)31(32,33)34/h6-17,19,26H,3-5,18H2,1-2H3,(H,35,38)(H,36,40). The van der Waals surface area contributed by atoms with Gasteiger partial charge in [0.15, 0.2) is 0 Å². The molecular formula is C31H30F3N3O4. The van der Waals surface area contributed by atoms with Crippen LogP contribution in [0.25, 0.3) is 5.70 Å². The smallest absolute Gasteiger partial charge is 0.416 e. The third kappa shape index (κ3) is 6.77. The highest BCUT2D eigenvalue weighted by atomic mass is 19.4. The topological polar surface area (TPSA) is 87.7 Å². The van der Waals surface area contributed by atoms with E-state index in [1.165, 1.54) is 0 Å². The zero-order valence-electron chi connectivity index (χ0n) is 22.6. The Kier molecular flexibility index (Phi) is 9.11. The molecule has 41 heavy (non-hydrogen) atoms. The number of hydrogen-bond acceptors (Lipinski definition) is 4. The molecule has 3 aromatic carbocycles. The van der Waals surface area contributed by atoms with Crippen molar-refractivity contribution in [2.45, 2.75) is 38.9 Å². The third-order valence-electron chi connectivity index (χ3n) is 6.56. The van der Waals surface area contributed by atoms with E-state index in [4.69, 9.17) is 4.74 Å². The number of hydrogen-bond donors (Lipinski definition) is 2. The molecular weight excluding hydrogens is 535 g/mol. The van der Waals surface area contributed by atoms with Crippen LogP contribution in [-0.4, -0.2) is 36.0 Å². The van der Waals surface area contributed by atoms with Gasteiger partial charge in [0, 0.05) is 17.8 Å². The SMILES string of the molecule is CCCCN1C(=O)NC(c2cccc(NC(=O)c3ccc(C(F)(F)F)cc3)c2)C(C(=O)OCC)=C1c1ccccc1. The Balaban J connectivity index is 1.73. The first kappa shape index (κ1) is 29.4. The van der Waals surface area contributed by atoms with Gasteiger partial charge in [-0.15, -0.1) is 0 Å². The Morgan fingerprint density at radius 1 is 0.976 bits per heavy atom. The molecule has 1 aliphatic rings. The quantitative estimate of drug-likeness (QED) is 0.280. The van der Waals surface area contributed by atoms with Crippen molar-refractivity contribution in [1.82, 2.24) is 10.2 Å². The molecule has 0 fully saturated rings. The highest BCUT2D eigenvalue weighted by Crippen LogP contribution is 2.37. The minimum Gasteiger partial charge on any atom is -0.463 e. The van der Waals surface area contributed by atoms with E-state index in [9.17, 15) is 27.6 Å². The second-order valence-electron chi connectivity index (χ2n) is 9.39. The molecule has 3 amide bonds. The lowest BCUT2D eigenvalue weighted by molar-refractivity contribution is -0.139. The van der Waals surface area contributed by atoms with Crippen molar-refractivity contribution in [3.63, 3.8) is 0 Å². The summed E-state index contributed by atoms with van der Waals surface area (Å²) in [6.07, 6.45) is -2.96. The van der Waals surface area contributed by atoms with E-state index in [0.29, 0.717) is 29.1 Å². The van der Waals surface area contributed by atoms with Gasteiger partial charge in [0.05, 0.1) is 29.5 Å². The summed E-state index contributed by atoms with van der Waals surface area (Å²) in [6.45, 7) is 4.23. The monoisotopic (exact) mass is 565 g/mol. The summed E-state index contributed by atoms with van der Waals surface area (Å²) in [4.78, 5) is 41.2. The van der Waals surface area contributed by atoms with Gasteiger partial charge in [-0.05, 0) is 60.9 Å². The van der Waals surface area contributed by atoms with Crippen LogP contribution in [0, 0.1) is 0 Å². The lowest BCUT2D eigenvalue weighted by Gasteiger charge is -2.37. The molecule has 3 aromatic rings. The van der Waals surface area contributed by atoms with Gasteiger partial charge in [-0.2, -0.15) is 13.2 Å². The number of nitrogens with one attached hydrogen (secondary N) is 2. The van der Waals surface area contributed by atoms with Crippen LogP contribution in [0.5, 0.6) is 0 Å². The number of alkyl halides is 3. The number of urea groups is 1. The molecule has 0 aromatic heterocycles. The van der Waals surface area contributed by atoms with Gasteiger partial charge < -0.3 is 15.4 Å². The van der Waals surface area contributed by atoms with Crippen molar-refractivity contribution in [3.05, 3.63) is 107 Å². The summed E-state index contributed by atoms with van der Waals surface area (Å²) in [6, 6.07) is 18.3. The minimum absolute atomic E-state index is 0.0411. The molecule has 1 atom stereocenters. The number of esters is 1. The number of carbonyl (C=O) groups is 3. The van der Waals surface area contributed by atoms with E-state index in [-0.39, 0.29) is 23.8 Å². The summed E-state index contributed by atoms with van der Waals surface area (Å²) in [5.74, 6) is -1.20. The van der Waals surface area contributed by atoms with Gasteiger partial charge in [0.1, 0.15) is 0 Å². The summed E-state index contributed by atoms with van der Waals surface area (Å²) < 4.78 is 44.1. The molecule has 10 heteroatoms. The summed E-state index contributed by atoms with van der Waals surface area (Å²) in [5.41, 5.74) is 1.40. The van der Waals surface area contributed by atoms with Gasteiger partial charge in [0.2, 0.25) is 0 Å². The summed E-state index contributed by atoms with van der Waals surface area (Å²) >= 11 is 0. The molecule has 0 radical (unpaired) electrons. The van der Waals surface area contributed by atoms with Crippen LogP contribution in [0.3, 0.4) is 0 Å². The van der Waals surface area contributed by atoms with Crippen LogP contribution in [0.1, 0.15) is 59.8 Å². The molecule has 2 N–H and O–H groups in total. The highest BCUT2D eigenvalue weighted by molar-refractivity contribution is 6.06. The fourth-order valence-electron chi connectivity index (χ4n) is 4.58. The van der Waals surface area contributed by atoms with Crippen molar-refractivity contribution >= 4 is 29.3 Å². The lowest BCUT2D eigenvalue weighted by Crippen LogP contribution is -2.48. The van der Waals surface area contributed by atoms with E-state index in [2.05, 4.69) is 10.6 Å². The normalized spacial score (nSPS) is 15.4. The average molecular weight is 566 g/mol. The number of benzene rings is 3. The third-order valence-corrected chi connectivity index (χ3v) is 6.56. The van der Waals surface area contributed by atoms with Crippen molar-refractivity contribution < 1.29 is 32.3 Å². The first-order valence-corrected chi connectivity index (χ1v) is 13.3. The number of unbranched alkanes of at least 4 members (excludes halogenated alkanes) is 1. The lowest BCUT2D eigenvalue weighted by atomic mass is 9.91. The predicted octanol–water partition coefficient (Wildman–Crippen LogP) is 6.80. The maximum Gasteiger partial charge on any atom is 0.416 e.